The minimum absolute atomic E-state index is 0.137. The Hall–Kier alpha value is -2.70. The van der Waals surface area contributed by atoms with E-state index < -0.39 is 0 Å². The van der Waals surface area contributed by atoms with Crippen LogP contribution >= 0.6 is 0 Å². The predicted molar refractivity (Wildman–Crippen MR) is 94.3 cm³/mol. The van der Waals surface area contributed by atoms with Gasteiger partial charge in [-0.15, -0.1) is 0 Å². The largest absolute Gasteiger partial charge is 0.486 e. The molecule has 7 nitrogen and oxygen atoms in total. The first kappa shape index (κ1) is 17.1. The number of hydrogen-bond donors (Lipinski definition) is 1. The van der Waals surface area contributed by atoms with E-state index in [-0.39, 0.29) is 11.3 Å². The molecule has 2 heterocycles. The minimum Gasteiger partial charge on any atom is -0.486 e. The smallest absolute Gasteiger partial charge is 0.162 e. The molecule has 132 valence electrons. The van der Waals surface area contributed by atoms with Gasteiger partial charge in [0.15, 0.2) is 11.6 Å². The average molecular weight is 340 g/mol. The van der Waals surface area contributed by atoms with E-state index in [0.29, 0.717) is 19.0 Å². The van der Waals surface area contributed by atoms with E-state index in [9.17, 15) is 0 Å². The summed E-state index contributed by atoms with van der Waals surface area (Å²) >= 11 is 0. The van der Waals surface area contributed by atoms with Crippen molar-refractivity contribution in [3.63, 3.8) is 0 Å². The van der Waals surface area contributed by atoms with Crippen LogP contribution in [0.1, 0.15) is 50.8 Å². The molecule has 0 saturated heterocycles. The van der Waals surface area contributed by atoms with Crippen molar-refractivity contribution < 1.29 is 4.74 Å². The summed E-state index contributed by atoms with van der Waals surface area (Å²) < 4.78 is 7.57. The van der Waals surface area contributed by atoms with Gasteiger partial charge in [0.25, 0.3) is 0 Å². The second-order valence-electron chi connectivity index (χ2n) is 7.22. The van der Waals surface area contributed by atoms with E-state index in [1.54, 1.807) is 11.0 Å². The summed E-state index contributed by atoms with van der Waals surface area (Å²) in [6.45, 7) is 9.68. The van der Waals surface area contributed by atoms with Crippen LogP contribution in [0.3, 0.4) is 0 Å². The summed E-state index contributed by atoms with van der Waals surface area (Å²) in [5.41, 5.74) is 1.42. The molecule has 1 N–H and O–H groups in total. The summed E-state index contributed by atoms with van der Waals surface area (Å²) in [6, 6.07) is 8.18. The molecular formula is C18H24N6O. The lowest BCUT2D eigenvalue weighted by molar-refractivity contribution is 0.296. The summed E-state index contributed by atoms with van der Waals surface area (Å²) in [5.74, 6) is 2.41. The zero-order valence-corrected chi connectivity index (χ0v) is 15.1. The highest BCUT2D eigenvalue weighted by molar-refractivity contribution is 5.31. The van der Waals surface area contributed by atoms with Crippen LogP contribution < -0.4 is 4.74 Å². The maximum atomic E-state index is 5.80. The first-order valence-corrected chi connectivity index (χ1v) is 8.39. The fourth-order valence-electron chi connectivity index (χ4n) is 2.49. The Kier molecular flexibility index (Phi) is 4.83. The lowest BCUT2D eigenvalue weighted by Crippen LogP contribution is -2.10. The van der Waals surface area contributed by atoms with E-state index in [0.717, 1.165) is 11.6 Å². The molecule has 0 amide bonds. The van der Waals surface area contributed by atoms with Crippen molar-refractivity contribution in [2.45, 2.75) is 52.2 Å². The monoisotopic (exact) mass is 340 g/mol. The second-order valence-corrected chi connectivity index (χ2v) is 7.22. The van der Waals surface area contributed by atoms with Gasteiger partial charge in [0, 0.05) is 5.92 Å². The fraction of sp³-hybridized carbons (Fsp3) is 0.444. The molecule has 3 aromatic rings. The lowest BCUT2D eigenvalue weighted by atomic mass is 9.87. The molecule has 1 aromatic carbocycles. The van der Waals surface area contributed by atoms with E-state index in [1.165, 1.54) is 11.9 Å². The Morgan fingerprint density at radius 2 is 1.96 bits per heavy atom. The van der Waals surface area contributed by atoms with E-state index >= 15 is 0 Å². The van der Waals surface area contributed by atoms with Gasteiger partial charge in [-0.25, -0.2) is 9.97 Å². The standard InChI is InChI=1S/C18H24N6O/c1-13(9-24-12-19-11-20-24)17-21-16(22-23-17)10-25-15-7-5-14(6-8-15)18(2,3)4/h5-8,11-13H,9-10H2,1-4H3,(H,21,22,23). The number of hydrogen-bond acceptors (Lipinski definition) is 5. The number of H-pyrrole nitrogens is 1. The number of benzene rings is 1. The second kappa shape index (κ2) is 7.04. The van der Waals surface area contributed by atoms with Crippen molar-refractivity contribution in [1.29, 1.82) is 0 Å². The third kappa shape index (κ3) is 4.43. The molecule has 2 aromatic heterocycles. The number of rotatable bonds is 6. The van der Waals surface area contributed by atoms with E-state index in [4.69, 9.17) is 4.74 Å². The van der Waals surface area contributed by atoms with Gasteiger partial charge in [-0.05, 0) is 23.1 Å². The molecule has 7 heteroatoms. The highest BCUT2D eigenvalue weighted by Gasteiger charge is 2.14. The third-order valence-corrected chi connectivity index (χ3v) is 4.01. The molecular weight excluding hydrogens is 316 g/mol. The van der Waals surface area contributed by atoms with Gasteiger partial charge in [-0.3, -0.25) is 9.78 Å². The van der Waals surface area contributed by atoms with Crippen LogP contribution in [0, 0.1) is 0 Å². The van der Waals surface area contributed by atoms with Crippen molar-refractivity contribution in [3.05, 3.63) is 54.1 Å². The SMILES string of the molecule is CC(Cn1cncn1)c1n[nH]c(COc2ccc(C(C)(C)C)cc2)n1. The maximum Gasteiger partial charge on any atom is 0.162 e. The number of ether oxygens (including phenoxy) is 1. The lowest BCUT2D eigenvalue weighted by Gasteiger charge is -2.19. The van der Waals surface area contributed by atoms with Gasteiger partial charge < -0.3 is 4.74 Å². The first-order chi connectivity index (χ1) is 11.9. The van der Waals surface area contributed by atoms with Crippen molar-refractivity contribution in [1.82, 2.24) is 29.9 Å². The van der Waals surface area contributed by atoms with Gasteiger partial charge in [0.2, 0.25) is 0 Å². The van der Waals surface area contributed by atoms with Crippen LogP contribution in [0.2, 0.25) is 0 Å². The molecule has 0 bridgehead atoms. The molecule has 0 aliphatic heterocycles. The third-order valence-electron chi connectivity index (χ3n) is 4.01. The molecule has 25 heavy (non-hydrogen) atoms. The maximum absolute atomic E-state index is 5.80. The zero-order chi connectivity index (χ0) is 17.9. The molecule has 0 aliphatic carbocycles. The van der Waals surface area contributed by atoms with Crippen LogP contribution in [-0.4, -0.2) is 29.9 Å². The van der Waals surface area contributed by atoms with Crippen LogP contribution in [0.4, 0.5) is 0 Å². The van der Waals surface area contributed by atoms with Gasteiger partial charge in [0.1, 0.15) is 25.0 Å². The summed E-state index contributed by atoms with van der Waals surface area (Å²) in [7, 11) is 0. The van der Waals surface area contributed by atoms with E-state index in [2.05, 4.69) is 65.1 Å². The van der Waals surface area contributed by atoms with Crippen molar-refractivity contribution in [2.75, 3.05) is 0 Å². The summed E-state index contributed by atoms with van der Waals surface area (Å²) in [5, 5.41) is 11.3. The zero-order valence-electron chi connectivity index (χ0n) is 15.1. The number of aromatic amines is 1. The molecule has 0 spiro atoms. The first-order valence-electron chi connectivity index (χ1n) is 8.39. The number of aromatic nitrogens is 6. The van der Waals surface area contributed by atoms with E-state index in [1.807, 2.05) is 12.1 Å². The highest BCUT2D eigenvalue weighted by Crippen LogP contribution is 2.24. The van der Waals surface area contributed by atoms with Crippen molar-refractivity contribution in [2.24, 2.45) is 0 Å². The molecule has 0 saturated carbocycles. The van der Waals surface area contributed by atoms with Crippen LogP contribution in [0.15, 0.2) is 36.9 Å². The summed E-state index contributed by atoms with van der Waals surface area (Å²) in [6.07, 6.45) is 3.21. The number of nitrogens with one attached hydrogen (secondary N) is 1. The Morgan fingerprint density at radius 1 is 1.20 bits per heavy atom. The van der Waals surface area contributed by atoms with Gasteiger partial charge in [-0.2, -0.15) is 10.2 Å². The topological polar surface area (TPSA) is 81.5 Å². The minimum atomic E-state index is 0.137. The Balaban J connectivity index is 1.56. The van der Waals surface area contributed by atoms with Crippen molar-refractivity contribution in [3.8, 4) is 5.75 Å². The van der Waals surface area contributed by atoms with Gasteiger partial charge in [0.05, 0.1) is 6.54 Å². The predicted octanol–water partition coefficient (Wildman–Crippen LogP) is 3.08. The van der Waals surface area contributed by atoms with Crippen LogP contribution in [-0.2, 0) is 18.6 Å². The quantitative estimate of drug-likeness (QED) is 0.746. The average Bonchev–Trinajstić information content (AvgIpc) is 3.24. The van der Waals surface area contributed by atoms with Gasteiger partial charge >= 0.3 is 0 Å². The number of nitrogens with zero attached hydrogens (tertiary/aromatic N) is 5. The Morgan fingerprint density at radius 3 is 2.60 bits per heavy atom. The van der Waals surface area contributed by atoms with Crippen LogP contribution in [0.5, 0.6) is 5.75 Å². The normalized spacial score (nSPS) is 13.0. The molecule has 1 atom stereocenters. The van der Waals surface area contributed by atoms with Crippen molar-refractivity contribution >= 4 is 0 Å². The Labute approximate surface area is 147 Å². The molecule has 0 aliphatic rings. The summed E-state index contributed by atoms with van der Waals surface area (Å²) in [4.78, 5) is 8.45. The van der Waals surface area contributed by atoms with Gasteiger partial charge in [-0.1, -0.05) is 39.8 Å². The fourth-order valence-corrected chi connectivity index (χ4v) is 2.49. The molecule has 1 unspecified atom stereocenters. The highest BCUT2D eigenvalue weighted by atomic mass is 16.5. The molecule has 3 rings (SSSR count). The van der Waals surface area contributed by atoms with Crippen LogP contribution in [0.25, 0.3) is 0 Å². The molecule has 0 radical (unpaired) electrons. The Bertz CT molecular complexity index is 786. The molecule has 0 fully saturated rings.